The molecule has 0 heterocycles. The van der Waals surface area contributed by atoms with Crippen LogP contribution in [0.25, 0.3) is 0 Å². The topological polar surface area (TPSA) is 72.3 Å². The maximum absolute atomic E-state index is 9.78. The highest BCUT2D eigenvalue weighted by Gasteiger charge is 2.15. The van der Waals surface area contributed by atoms with Gasteiger partial charge in [0.15, 0.2) is 0 Å². The zero-order valence-electron chi connectivity index (χ0n) is 7.50. The predicted octanol–water partition coefficient (Wildman–Crippen LogP) is 2.27. The van der Waals surface area contributed by atoms with Crippen molar-refractivity contribution >= 4 is 31.9 Å². The van der Waals surface area contributed by atoms with Crippen molar-refractivity contribution in [2.24, 2.45) is 11.5 Å². The van der Waals surface area contributed by atoms with Crippen molar-refractivity contribution in [1.82, 2.24) is 0 Å². The van der Waals surface area contributed by atoms with E-state index in [-0.39, 0.29) is 11.8 Å². The van der Waals surface area contributed by atoms with Crippen molar-refractivity contribution in [2.45, 2.75) is 12.5 Å². The summed E-state index contributed by atoms with van der Waals surface area (Å²) in [5.74, 6) is 0.181. The Bertz CT molecular complexity index is 331. The number of hydrogen-bond acceptors (Lipinski definition) is 3. The molecule has 0 saturated heterocycles. The highest BCUT2D eigenvalue weighted by molar-refractivity contribution is 9.11. The first kappa shape index (κ1) is 12.0. The Labute approximate surface area is 99.7 Å². The van der Waals surface area contributed by atoms with Gasteiger partial charge >= 0.3 is 0 Å². The zero-order valence-corrected chi connectivity index (χ0v) is 10.7. The van der Waals surface area contributed by atoms with Gasteiger partial charge in [-0.3, -0.25) is 0 Å². The second kappa shape index (κ2) is 5.11. The lowest BCUT2D eigenvalue weighted by atomic mass is 10.0. The summed E-state index contributed by atoms with van der Waals surface area (Å²) in [4.78, 5) is 0. The molecule has 5 heteroatoms. The van der Waals surface area contributed by atoms with Gasteiger partial charge in [-0.1, -0.05) is 15.9 Å². The molecule has 0 aliphatic heterocycles. The molecule has 1 aromatic carbocycles. The number of nitrogens with two attached hydrogens (primary N) is 2. The van der Waals surface area contributed by atoms with Gasteiger partial charge in [0.1, 0.15) is 5.75 Å². The molecular formula is C9H12Br2N2O. The van der Waals surface area contributed by atoms with E-state index < -0.39 is 0 Å². The first-order valence-electron chi connectivity index (χ1n) is 4.20. The molecule has 5 N–H and O–H groups in total. The van der Waals surface area contributed by atoms with Crippen LogP contribution in [0.5, 0.6) is 5.75 Å². The van der Waals surface area contributed by atoms with Gasteiger partial charge in [0.25, 0.3) is 0 Å². The number of halogens is 2. The Balaban J connectivity index is 3.11. The number of rotatable bonds is 3. The van der Waals surface area contributed by atoms with Crippen molar-refractivity contribution in [1.29, 1.82) is 0 Å². The third kappa shape index (κ3) is 2.48. The molecule has 0 aliphatic rings. The molecule has 0 radical (unpaired) electrons. The minimum Gasteiger partial charge on any atom is -0.506 e. The smallest absolute Gasteiger partial charge is 0.135 e. The average Bonchev–Trinajstić information content (AvgIpc) is 2.13. The molecule has 14 heavy (non-hydrogen) atoms. The average molecular weight is 324 g/mol. The van der Waals surface area contributed by atoms with Gasteiger partial charge in [-0.05, 0) is 41.0 Å². The maximum Gasteiger partial charge on any atom is 0.135 e. The third-order valence-corrected chi connectivity index (χ3v) is 3.29. The Morgan fingerprint density at radius 3 is 2.43 bits per heavy atom. The van der Waals surface area contributed by atoms with Crippen molar-refractivity contribution in [3.05, 3.63) is 26.6 Å². The van der Waals surface area contributed by atoms with E-state index in [9.17, 15) is 5.11 Å². The van der Waals surface area contributed by atoms with Gasteiger partial charge in [0.2, 0.25) is 0 Å². The Hall–Kier alpha value is -0.100. The fraction of sp³-hybridized carbons (Fsp3) is 0.333. The van der Waals surface area contributed by atoms with Crippen LogP contribution in [0.4, 0.5) is 0 Å². The van der Waals surface area contributed by atoms with Crippen LogP contribution in [0.15, 0.2) is 21.1 Å². The lowest BCUT2D eigenvalue weighted by Crippen LogP contribution is -2.16. The summed E-state index contributed by atoms with van der Waals surface area (Å²) in [5, 5.41) is 9.78. The summed E-state index contributed by atoms with van der Waals surface area (Å²) in [6, 6.07) is 3.36. The van der Waals surface area contributed by atoms with Crippen LogP contribution in [0.1, 0.15) is 18.0 Å². The fourth-order valence-electron chi connectivity index (χ4n) is 1.23. The number of hydrogen-bond donors (Lipinski definition) is 3. The number of benzene rings is 1. The summed E-state index contributed by atoms with van der Waals surface area (Å²) < 4.78 is 1.45. The molecular weight excluding hydrogens is 312 g/mol. The molecule has 1 atom stereocenters. The van der Waals surface area contributed by atoms with E-state index in [2.05, 4.69) is 31.9 Å². The van der Waals surface area contributed by atoms with Gasteiger partial charge in [0.05, 0.1) is 4.47 Å². The summed E-state index contributed by atoms with van der Waals surface area (Å²) >= 11 is 6.59. The van der Waals surface area contributed by atoms with Gasteiger partial charge in [-0.2, -0.15) is 0 Å². The molecule has 0 saturated carbocycles. The molecule has 0 aliphatic carbocycles. The highest BCUT2D eigenvalue weighted by atomic mass is 79.9. The van der Waals surface area contributed by atoms with Gasteiger partial charge < -0.3 is 16.6 Å². The quantitative estimate of drug-likeness (QED) is 0.799. The van der Waals surface area contributed by atoms with E-state index in [4.69, 9.17) is 11.5 Å². The first-order chi connectivity index (χ1) is 6.57. The summed E-state index contributed by atoms with van der Waals surface area (Å²) in [5.41, 5.74) is 12.0. The molecule has 0 bridgehead atoms. The molecule has 78 valence electrons. The van der Waals surface area contributed by atoms with E-state index in [0.717, 1.165) is 4.47 Å². The highest BCUT2D eigenvalue weighted by Crippen LogP contribution is 2.37. The van der Waals surface area contributed by atoms with E-state index >= 15 is 0 Å². The number of phenols is 1. The normalized spacial score (nSPS) is 12.9. The molecule has 0 amide bonds. The monoisotopic (exact) mass is 322 g/mol. The second-order valence-electron chi connectivity index (χ2n) is 2.98. The molecule has 0 fully saturated rings. The molecule has 1 aromatic rings. The summed E-state index contributed by atoms with van der Waals surface area (Å²) in [6.07, 6.45) is 0.641. The minimum absolute atomic E-state index is 0.181. The second-order valence-corrected chi connectivity index (χ2v) is 4.68. The Kier molecular flexibility index (Phi) is 4.37. The van der Waals surface area contributed by atoms with E-state index in [1.807, 2.05) is 6.07 Å². The molecule has 0 unspecified atom stereocenters. The third-order valence-electron chi connectivity index (χ3n) is 1.96. The van der Waals surface area contributed by atoms with Gasteiger partial charge in [-0.15, -0.1) is 0 Å². The van der Waals surface area contributed by atoms with Crippen molar-refractivity contribution in [3.8, 4) is 5.75 Å². The Morgan fingerprint density at radius 2 is 1.86 bits per heavy atom. The summed E-state index contributed by atoms with van der Waals surface area (Å²) in [6.45, 7) is 0.500. The van der Waals surface area contributed by atoms with Crippen LogP contribution in [-0.4, -0.2) is 11.7 Å². The van der Waals surface area contributed by atoms with E-state index in [0.29, 0.717) is 23.0 Å². The van der Waals surface area contributed by atoms with Crippen LogP contribution in [0.2, 0.25) is 0 Å². The lowest BCUT2D eigenvalue weighted by Gasteiger charge is -2.15. The lowest BCUT2D eigenvalue weighted by molar-refractivity contribution is 0.455. The van der Waals surface area contributed by atoms with E-state index in [1.165, 1.54) is 0 Å². The maximum atomic E-state index is 9.78. The Morgan fingerprint density at radius 1 is 1.29 bits per heavy atom. The van der Waals surface area contributed by atoms with Crippen LogP contribution < -0.4 is 11.5 Å². The van der Waals surface area contributed by atoms with Crippen molar-refractivity contribution < 1.29 is 5.11 Å². The fourth-order valence-corrected chi connectivity index (χ4v) is 2.19. The van der Waals surface area contributed by atoms with Crippen molar-refractivity contribution in [3.63, 3.8) is 0 Å². The molecule has 3 nitrogen and oxygen atoms in total. The van der Waals surface area contributed by atoms with Crippen LogP contribution in [0.3, 0.4) is 0 Å². The molecule has 1 rings (SSSR count). The number of phenolic OH excluding ortho intramolecular Hbond substituents is 1. The van der Waals surface area contributed by atoms with Crippen LogP contribution in [0, 0.1) is 0 Å². The van der Waals surface area contributed by atoms with Crippen LogP contribution in [-0.2, 0) is 0 Å². The number of aromatic hydroxyl groups is 1. The van der Waals surface area contributed by atoms with E-state index in [1.54, 1.807) is 6.07 Å². The van der Waals surface area contributed by atoms with Crippen molar-refractivity contribution in [2.75, 3.05) is 6.54 Å². The van der Waals surface area contributed by atoms with Gasteiger partial charge in [-0.25, -0.2) is 0 Å². The minimum atomic E-state index is -0.244. The summed E-state index contributed by atoms with van der Waals surface area (Å²) in [7, 11) is 0. The van der Waals surface area contributed by atoms with Gasteiger partial charge in [0, 0.05) is 16.1 Å². The SMILES string of the molecule is NCC[C@@H](N)c1c(Br)ccc(Br)c1O. The van der Waals surface area contributed by atoms with Crippen LogP contribution >= 0.6 is 31.9 Å². The molecule has 0 aromatic heterocycles. The first-order valence-corrected chi connectivity index (χ1v) is 5.79. The standard InChI is InChI=1S/C9H12Br2N2O/c10-5-1-2-6(11)9(14)8(5)7(13)3-4-12/h1-2,7,14H,3-4,12-13H2/t7-/m1/s1. The molecule has 0 spiro atoms. The largest absolute Gasteiger partial charge is 0.506 e. The zero-order chi connectivity index (χ0) is 10.7. The predicted molar refractivity (Wildman–Crippen MR) is 64.1 cm³/mol.